The van der Waals surface area contributed by atoms with Crippen molar-refractivity contribution < 1.29 is 107 Å². The molecule has 0 fully saturated rings. The fourth-order valence-electron chi connectivity index (χ4n) is 4.87. The van der Waals surface area contributed by atoms with Gasteiger partial charge in [0.25, 0.3) is 0 Å². The molecule has 0 saturated carbocycles. The summed E-state index contributed by atoms with van der Waals surface area (Å²) in [6.07, 6.45) is -7.22. The molecule has 4 rings (SSSR count). The Morgan fingerprint density at radius 1 is 0.174 bits per heavy atom. The van der Waals surface area contributed by atoms with Gasteiger partial charge in [-0.05, 0) is 0 Å². The number of hydrogen-bond acceptors (Lipinski definition) is 0. The SMILES string of the molecule is Fc1c(F)c(F)c([B-](c2c(F)c(F)c(F)c(F)c2F)(c2c(F)c(F)c(F)c(F)c2F)c2c(F)c(F)c(F)c(F)c2F)c(F)c1F.[Li+]. The van der Waals surface area contributed by atoms with Gasteiger partial charge in [0, 0.05) is 0 Å². The van der Waals surface area contributed by atoms with Crippen LogP contribution in [0, 0.1) is 116 Å². The van der Waals surface area contributed by atoms with E-state index in [0.717, 1.165) is 0 Å². The number of halogens is 20. The van der Waals surface area contributed by atoms with E-state index in [1.807, 2.05) is 0 Å². The molecule has 0 heterocycles. The molecular formula is C24BF20Li. The van der Waals surface area contributed by atoms with Gasteiger partial charge in [-0.15, -0.1) is 21.9 Å². The van der Waals surface area contributed by atoms with Crippen molar-refractivity contribution in [2.75, 3.05) is 0 Å². The maximum Gasteiger partial charge on any atom is 1.00 e. The van der Waals surface area contributed by atoms with Crippen LogP contribution in [0.5, 0.6) is 0 Å². The standard InChI is InChI=1S/C24BF20.Li/c26-5-1(6(27)14(35)21(42)13(5)34)25(2-7(28)15(36)22(43)16(37)8(2)29,3-9(30)17(38)23(44)18(39)10(3)31)4-11(32)19(40)24(45)20(41)12(4)33;/q-1;+1. The summed E-state index contributed by atoms with van der Waals surface area (Å²) in [5, 5.41) is 0. The normalized spacial score (nSPS) is 11.7. The van der Waals surface area contributed by atoms with Crippen molar-refractivity contribution in [2.24, 2.45) is 0 Å². The third-order valence-corrected chi connectivity index (χ3v) is 6.71. The van der Waals surface area contributed by atoms with Gasteiger partial charge >= 0.3 is 18.9 Å². The van der Waals surface area contributed by atoms with Crippen molar-refractivity contribution in [3.05, 3.63) is 116 Å². The van der Waals surface area contributed by atoms with Crippen LogP contribution >= 0.6 is 0 Å². The molecule has 0 aliphatic heterocycles. The predicted molar refractivity (Wildman–Crippen MR) is 109 cm³/mol. The summed E-state index contributed by atoms with van der Waals surface area (Å²) in [6, 6.07) is 0. The first-order chi connectivity index (χ1) is 20.7. The van der Waals surface area contributed by atoms with Gasteiger partial charge in [0.15, 0.2) is 69.8 Å². The van der Waals surface area contributed by atoms with E-state index in [2.05, 4.69) is 0 Å². The Morgan fingerprint density at radius 2 is 0.261 bits per heavy atom. The molecule has 0 aromatic heterocycles. The van der Waals surface area contributed by atoms with Crippen LogP contribution in [0.25, 0.3) is 0 Å². The Morgan fingerprint density at radius 3 is 0.370 bits per heavy atom. The number of benzene rings is 4. The molecule has 0 aliphatic carbocycles. The minimum absolute atomic E-state index is 0. The zero-order valence-electron chi connectivity index (χ0n) is 21.1. The molecule has 22 heteroatoms. The van der Waals surface area contributed by atoms with Gasteiger partial charge in [-0.1, -0.05) is 0 Å². The second-order valence-corrected chi connectivity index (χ2v) is 8.80. The Balaban J connectivity index is 0.00000576. The molecule has 0 saturated heterocycles. The van der Waals surface area contributed by atoms with E-state index in [-0.39, 0.29) is 18.9 Å². The molecule has 4 aromatic carbocycles. The molecule has 0 N–H and O–H groups in total. The quantitative estimate of drug-likeness (QED) is 0.134. The van der Waals surface area contributed by atoms with Gasteiger partial charge in [0.05, 0.1) is 0 Å². The summed E-state index contributed by atoms with van der Waals surface area (Å²) >= 11 is 0. The molecule has 0 amide bonds. The summed E-state index contributed by atoms with van der Waals surface area (Å²) in [5.41, 5.74) is -14.3. The van der Waals surface area contributed by atoms with Gasteiger partial charge in [0.1, 0.15) is 52.7 Å². The van der Waals surface area contributed by atoms with E-state index >= 15 is 35.1 Å². The van der Waals surface area contributed by atoms with E-state index in [9.17, 15) is 52.7 Å². The second-order valence-electron chi connectivity index (χ2n) is 8.80. The molecule has 240 valence electrons. The van der Waals surface area contributed by atoms with Gasteiger partial charge < -0.3 is 0 Å². The average molecular weight is 686 g/mol. The third kappa shape index (κ3) is 4.56. The predicted octanol–water partition coefficient (Wildman–Crippen LogP) is 2.85. The zero-order valence-corrected chi connectivity index (χ0v) is 21.1. The summed E-state index contributed by atoms with van der Waals surface area (Å²) < 4.78 is 294. The van der Waals surface area contributed by atoms with Crippen LogP contribution in [0.1, 0.15) is 0 Å². The van der Waals surface area contributed by atoms with Gasteiger partial charge in [0.2, 0.25) is 0 Å². The van der Waals surface area contributed by atoms with Crippen molar-refractivity contribution in [3.63, 3.8) is 0 Å². The first kappa shape index (κ1) is 36.6. The van der Waals surface area contributed by atoms with Crippen LogP contribution < -0.4 is 40.7 Å². The van der Waals surface area contributed by atoms with Crippen LogP contribution in [0.4, 0.5) is 87.8 Å². The van der Waals surface area contributed by atoms with E-state index < -0.39 is 144 Å². The Hall–Kier alpha value is -3.86. The molecule has 0 nitrogen and oxygen atoms in total. The van der Waals surface area contributed by atoms with Crippen molar-refractivity contribution >= 4 is 28.0 Å². The molecular weight excluding hydrogens is 686 g/mol. The average Bonchev–Trinajstić information content (AvgIpc) is 3.00. The molecule has 0 unspecified atom stereocenters. The van der Waals surface area contributed by atoms with Crippen molar-refractivity contribution in [3.8, 4) is 0 Å². The first-order valence-corrected chi connectivity index (χ1v) is 10.9. The van der Waals surface area contributed by atoms with Crippen LogP contribution in [0.2, 0.25) is 0 Å². The Bertz CT molecular complexity index is 1580. The first-order valence-electron chi connectivity index (χ1n) is 10.9. The molecule has 46 heavy (non-hydrogen) atoms. The maximum absolute atomic E-state index is 15.4. The number of hydrogen-bond donors (Lipinski definition) is 0. The summed E-state index contributed by atoms with van der Waals surface area (Å²) in [6.45, 7) is 0. The number of rotatable bonds is 4. The van der Waals surface area contributed by atoms with Crippen LogP contribution in [0.15, 0.2) is 0 Å². The third-order valence-electron chi connectivity index (χ3n) is 6.71. The Labute approximate surface area is 251 Å². The van der Waals surface area contributed by atoms with Crippen molar-refractivity contribution in [1.82, 2.24) is 0 Å². The Kier molecular flexibility index (Phi) is 9.60. The van der Waals surface area contributed by atoms with E-state index in [1.165, 1.54) is 0 Å². The topological polar surface area (TPSA) is 0 Å². The second kappa shape index (κ2) is 12.1. The van der Waals surface area contributed by atoms with E-state index in [0.29, 0.717) is 0 Å². The van der Waals surface area contributed by atoms with E-state index in [1.54, 1.807) is 0 Å². The molecule has 0 aliphatic rings. The fourth-order valence-corrected chi connectivity index (χ4v) is 4.87. The fraction of sp³-hybridized carbons (Fsp3) is 0. The molecule has 4 aromatic rings. The maximum atomic E-state index is 15.4. The molecule has 0 bridgehead atoms. The molecule has 0 spiro atoms. The molecule has 0 radical (unpaired) electrons. The minimum Gasteiger partial charge on any atom is -0.207 e. The summed E-state index contributed by atoms with van der Waals surface area (Å²) in [5.74, 6) is -71.4. The minimum atomic E-state index is -7.22. The van der Waals surface area contributed by atoms with Crippen molar-refractivity contribution in [2.45, 2.75) is 0 Å². The van der Waals surface area contributed by atoms with Crippen LogP contribution in [0.3, 0.4) is 0 Å². The van der Waals surface area contributed by atoms with Gasteiger partial charge in [-0.2, -0.15) is 0 Å². The van der Waals surface area contributed by atoms with Gasteiger partial charge in [-0.3, -0.25) is 0 Å². The smallest absolute Gasteiger partial charge is 0.207 e. The van der Waals surface area contributed by atoms with E-state index in [4.69, 9.17) is 0 Å². The van der Waals surface area contributed by atoms with Crippen molar-refractivity contribution in [1.29, 1.82) is 0 Å². The van der Waals surface area contributed by atoms with Gasteiger partial charge in [-0.25, -0.2) is 87.8 Å². The largest absolute Gasteiger partial charge is 1.00 e. The summed E-state index contributed by atoms with van der Waals surface area (Å²) in [4.78, 5) is 0. The zero-order chi connectivity index (χ0) is 34.4. The van der Waals surface area contributed by atoms with Crippen LogP contribution in [-0.2, 0) is 0 Å². The molecule has 0 atom stereocenters. The summed E-state index contributed by atoms with van der Waals surface area (Å²) in [7, 11) is 0. The monoisotopic (exact) mass is 686 g/mol. The van der Waals surface area contributed by atoms with Crippen LogP contribution in [-0.4, -0.2) is 6.15 Å².